The normalized spacial score (nSPS) is 10.5. The highest BCUT2D eigenvalue weighted by atomic mass is 35.5. The number of urea groups is 2. The maximum absolute atomic E-state index is 11.8. The van der Waals surface area contributed by atoms with Crippen LogP contribution in [0.3, 0.4) is 0 Å². The molecule has 0 aliphatic rings. The first-order valence-corrected chi connectivity index (χ1v) is 8.74. The van der Waals surface area contributed by atoms with Gasteiger partial charge in [-0.15, -0.1) is 46.4 Å². The third kappa shape index (κ3) is 9.46. The van der Waals surface area contributed by atoms with E-state index in [1.54, 1.807) is 0 Å². The highest BCUT2D eigenvalue weighted by Crippen LogP contribution is 1.94. The molecule has 128 valence electrons. The van der Waals surface area contributed by atoms with Gasteiger partial charge in [-0.2, -0.15) is 0 Å². The summed E-state index contributed by atoms with van der Waals surface area (Å²) >= 11 is 22.4. The van der Waals surface area contributed by atoms with Crippen LogP contribution in [0, 0.1) is 0 Å². The van der Waals surface area contributed by atoms with E-state index in [0.717, 1.165) is 0 Å². The predicted molar refractivity (Wildman–Crippen MR) is 92.2 cm³/mol. The standard InChI is InChI=1S/C12H20Cl4N4O2/c13-1-7-19(8-2-14)11(21)17-5-6-18-12(22)20(9-3-15)10-4-16/h5-6H,1-4,7-10H2,(H,17,21)(H,18,22)/b6-5+. The van der Waals surface area contributed by atoms with Gasteiger partial charge in [0.15, 0.2) is 0 Å². The first-order chi connectivity index (χ1) is 10.6. The third-order valence-corrected chi connectivity index (χ3v) is 3.17. The second-order valence-corrected chi connectivity index (χ2v) is 5.47. The van der Waals surface area contributed by atoms with Gasteiger partial charge in [0, 0.05) is 62.1 Å². The number of rotatable bonds is 10. The second-order valence-electron chi connectivity index (χ2n) is 3.96. The fourth-order valence-corrected chi connectivity index (χ4v) is 2.26. The van der Waals surface area contributed by atoms with E-state index in [1.807, 2.05) is 0 Å². The topological polar surface area (TPSA) is 64.7 Å². The van der Waals surface area contributed by atoms with Crippen molar-refractivity contribution in [2.24, 2.45) is 0 Å². The molecule has 0 atom stereocenters. The maximum atomic E-state index is 11.8. The minimum atomic E-state index is -0.342. The summed E-state index contributed by atoms with van der Waals surface area (Å²) in [6, 6.07) is -0.685. The number of amides is 4. The van der Waals surface area contributed by atoms with E-state index in [9.17, 15) is 9.59 Å². The number of carbonyl (C=O) groups excluding carboxylic acids is 2. The molecule has 0 radical (unpaired) electrons. The molecule has 0 aromatic carbocycles. The van der Waals surface area contributed by atoms with Crippen molar-refractivity contribution < 1.29 is 9.59 Å². The molecule has 0 bridgehead atoms. The number of hydrogen-bond acceptors (Lipinski definition) is 2. The lowest BCUT2D eigenvalue weighted by molar-refractivity contribution is 0.205. The second kappa shape index (κ2) is 14.1. The smallest absolute Gasteiger partial charge is 0.321 e. The van der Waals surface area contributed by atoms with E-state index in [0.29, 0.717) is 49.7 Å². The fraction of sp³-hybridized carbons (Fsp3) is 0.667. The van der Waals surface area contributed by atoms with Crippen LogP contribution in [0.5, 0.6) is 0 Å². The molecule has 4 amide bonds. The number of alkyl halides is 4. The molecule has 10 heteroatoms. The Morgan fingerprint density at radius 1 is 0.682 bits per heavy atom. The van der Waals surface area contributed by atoms with Crippen LogP contribution >= 0.6 is 46.4 Å². The Hall–Kier alpha value is -0.560. The van der Waals surface area contributed by atoms with Crippen molar-refractivity contribution in [2.45, 2.75) is 0 Å². The Bertz CT molecular complexity index is 314. The molecule has 0 fully saturated rings. The quantitative estimate of drug-likeness (QED) is 0.560. The predicted octanol–water partition coefficient (Wildman–Crippen LogP) is 2.44. The van der Waals surface area contributed by atoms with Gasteiger partial charge in [0.1, 0.15) is 0 Å². The van der Waals surface area contributed by atoms with E-state index in [2.05, 4.69) is 10.6 Å². The van der Waals surface area contributed by atoms with E-state index >= 15 is 0 Å². The Morgan fingerprint density at radius 2 is 0.955 bits per heavy atom. The summed E-state index contributed by atoms with van der Waals surface area (Å²) in [4.78, 5) is 26.5. The molecular formula is C12H20Cl4N4O2. The molecule has 0 heterocycles. The molecule has 22 heavy (non-hydrogen) atoms. The minimum absolute atomic E-state index is 0.316. The maximum Gasteiger partial charge on any atom is 0.321 e. The first-order valence-electron chi connectivity index (χ1n) is 6.60. The number of carbonyl (C=O) groups is 2. The molecule has 0 spiro atoms. The van der Waals surface area contributed by atoms with Gasteiger partial charge >= 0.3 is 12.1 Å². The Morgan fingerprint density at radius 3 is 1.18 bits per heavy atom. The minimum Gasteiger partial charge on any atom is -0.322 e. The van der Waals surface area contributed by atoms with Crippen molar-refractivity contribution in [3.8, 4) is 0 Å². The zero-order valence-electron chi connectivity index (χ0n) is 12.0. The van der Waals surface area contributed by atoms with Crippen LogP contribution in [-0.4, -0.2) is 71.6 Å². The summed E-state index contributed by atoms with van der Waals surface area (Å²) < 4.78 is 0. The number of halogens is 4. The Balaban J connectivity index is 4.25. The van der Waals surface area contributed by atoms with E-state index < -0.39 is 0 Å². The molecular weight excluding hydrogens is 374 g/mol. The Kier molecular flexibility index (Phi) is 13.7. The molecule has 0 aliphatic carbocycles. The van der Waals surface area contributed by atoms with Crippen molar-refractivity contribution in [3.63, 3.8) is 0 Å². The molecule has 0 aromatic heterocycles. The lowest BCUT2D eigenvalue weighted by atomic mass is 10.5. The highest BCUT2D eigenvalue weighted by Gasteiger charge is 2.11. The van der Waals surface area contributed by atoms with Gasteiger partial charge in [-0.25, -0.2) is 9.59 Å². The monoisotopic (exact) mass is 392 g/mol. The van der Waals surface area contributed by atoms with Crippen LogP contribution in [-0.2, 0) is 0 Å². The SMILES string of the molecule is O=C(N/C=C/NC(=O)N(CCCl)CCCl)N(CCCl)CCCl. The average molecular weight is 394 g/mol. The number of nitrogens with one attached hydrogen (secondary N) is 2. The van der Waals surface area contributed by atoms with E-state index in [-0.39, 0.29) is 12.1 Å². The van der Waals surface area contributed by atoms with Crippen LogP contribution in [0.4, 0.5) is 9.59 Å². The van der Waals surface area contributed by atoms with Gasteiger partial charge in [-0.05, 0) is 0 Å². The molecule has 0 saturated carbocycles. The summed E-state index contributed by atoms with van der Waals surface area (Å²) in [5.74, 6) is 1.26. The van der Waals surface area contributed by atoms with Gasteiger partial charge in [-0.1, -0.05) is 0 Å². The fourth-order valence-electron chi connectivity index (χ4n) is 1.45. The largest absolute Gasteiger partial charge is 0.322 e. The molecule has 0 aliphatic heterocycles. The van der Waals surface area contributed by atoms with E-state index in [1.165, 1.54) is 22.2 Å². The lowest BCUT2D eigenvalue weighted by Gasteiger charge is -2.20. The molecule has 0 saturated heterocycles. The van der Waals surface area contributed by atoms with Gasteiger partial charge < -0.3 is 20.4 Å². The van der Waals surface area contributed by atoms with Gasteiger partial charge in [0.05, 0.1) is 0 Å². The zero-order valence-corrected chi connectivity index (χ0v) is 15.1. The van der Waals surface area contributed by atoms with Gasteiger partial charge in [-0.3, -0.25) is 0 Å². The molecule has 0 aromatic rings. The van der Waals surface area contributed by atoms with Crippen LogP contribution < -0.4 is 10.6 Å². The summed E-state index contributed by atoms with van der Waals surface area (Å²) in [5, 5.41) is 5.03. The average Bonchev–Trinajstić information content (AvgIpc) is 2.50. The van der Waals surface area contributed by atoms with E-state index in [4.69, 9.17) is 46.4 Å². The Labute approximate surface area is 150 Å². The molecule has 0 unspecified atom stereocenters. The summed E-state index contributed by atoms with van der Waals surface area (Å²) in [7, 11) is 0. The van der Waals surface area contributed by atoms with Crippen molar-refractivity contribution in [1.29, 1.82) is 0 Å². The van der Waals surface area contributed by atoms with Crippen LogP contribution in [0.25, 0.3) is 0 Å². The number of hydrogen-bond donors (Lipinski definition) is 2. The molecule has 6 nitrogen and oxygen atoms in total. The lowest BCUT2D eigenvalue weighted by Crippen LogP contribution is -2.41. The summed E-state index contributed by atoms with van der Waals surface area (Å²) in [6.45, 7) is 1.55. The van der Waals surface area contributed by atoms with Crippen molar-refractivity contribution in [2.75, 3.05) is 49.7 Å². The van der Waals surface area contributed by atoms with Crippen molar-refractivity contribution >= 4 is 58.5 Å². The van der Waals surface area contributed by atoms with Crippen LogP contribution in [0.15, 0.2) is 12.4 Å². The van der Waals surface area contributed by atoms with Gasteiger partial charge in [0.2, 0.25) is 0 Å². The summed E-state index contributed by atoms with van der Waals surface area (Å²) in [5.41, 5.74) is 0. The van der Waals surface area contributed by atoms with Gasteiger partial charge in [0.25, 0.3) is 0 Å². The van der Waals surface area contributed by atoms with Crippen molar-refractivity contribution in [1.82, 2.24) is 20.4 Å². The van der Waals surface area contributed by atoms with Crippen LogP contribution in [0.1, 0.15) is 0 Å². The molecule has 0 rings (SSSR count). The third-order valence-electron chi connectivity index (χ3n) is 2.49. The van der Waals surface area contributed by atoms with Crippen LogP contribution in [0.2, 0.25) is 0 Å². The summed E-state index contributed by atoms with van der Waals surface area (Å²) in [6.07, 6.45) is 2.66. The first kappa shape index (κ1) is 21.4. The molecule has 2 N–H and O–H groups in total. The number of nitrogens with zero attached hydrogens (tertiary/aromatic N) is 2. The highest BCUT2D eigenvalue weighted by molar-refractivity contribution is 6.19. The van der Waals surface area contributed by atoms with Crippen molar-refractivity contribution in [3.05, 3.63) is 12.4 Å². The zero-order chi connectivity index (χ0) is 16.8.